The summed E-state index contributed by atoms with van der Waals surface area (Å²) in [6, 6.07) is 0. The first kappa shape index (κ1) is 23.3. The normalized spacial score (nSPS) is 10.9. The summed E-state index contributed by atoms with van der Waals surface area (Å²) in [7, 11) is 0. The molecule has 0 bridgehead atoms. The number of esters is 2. The van der Waals surface area contributed by atoms with E-state index in [1.165, 1.54) is 9.36 Å². The van der Waals surface area contributed by atoms with E-state index < -0.39 is 11.9 Å². The predicted molar refractivity (Wildman–Crippen MR) is 112 cm³/mol. The van der Waals surface area contributed by atoms with Crippen LogP contribution in [0.3, 0.4) is 0 Å². The van der Waals surface area contributed by atoms with Crippen molar-refractivity contribution in [3.05, 3.63) is 22.8 Å². The van der Waals surface area contributed by atoms with Crippen LogP contribution in [0.15, 0.2) is 9.26 Å². The summed E-state index contributed by atoms with van der Waals surface area (Å²) in [5.41, 5.74) is 0.861. The number of rotatable bonds is 10. The highest BCUT2D eigenvalue weighted by molar-refractivity contribution is 5.88. The number of carbonyl (C=O) groups is 2. The van der Waals surface area contributed by atoms with E-state index in [-0.39, 0.29) is 54.5 Å². The molecule has 0 fully saturated rings. The third kappa shape index (κ3) is 4.48. The van der Waals surface area contributed by atoms with Crippen LogP contribution in [0.2, 0.25) is 0 Å². The van der Waals surface area contributed by atoms with Gasteiger partial charge in [0.05, 0.1) is 31.3 Å². The molecule has 0 atom stereocenters. The minimum atomic E-state index is -0.607. The molecule has 4 rings (SSSR count). The van der Waals surface area contributed by atoms with Gasteiger partial charge in [0, 0.05) is 0 Å². The predicted octanol–water partition coefficient (Wildman–Crippen LogP) is 0.0657. The zero-order valence-corrected chi connectivity index (χ0v) is 19.0. The number of carbonyl (C=O) groups excluding carboxylic acids is 2. The Kier molecular flexibility index (Phi) is 6.60. The molecular formula is C17H20N12O6. The molecule has 18 heteroatoms. The lowest BCUT2D eigenvalue weighted by molar-refractivity contribution is 0.0509. The number of hydrogen-bond acceptors (Lipinski definition) is 16. The van der Waals surface area contributed by atoms with Crippen LogP contribution in [-0.2, 0) is 9.47 Å². The van der Waals surface area contributed by atoms with Gasteiger partial charge in [-0.25, -0.2) is 18.8 Å². The fourth-order valence-electron chi connectivity index (χ4n) is 2.92. The summed E-state index contributed by atoms with van der Waals surface area (Å²) in [6.07, 6.45) is 0. The number of nitrogens with one attached hydrogen (secondary N) is 2. The first-order valence-electron chi connectivity index (χ1n) is 10.3. The lowest BCUT2D eigenvalue weighted by Crippen LogP contribution is -2.16. The van der Waals surface area contributed by atoms with Gasteiger partial charge in [-0.05, 0) is 48.3 Å². The molecule has 2 N–H and O–H groups in total. The van der Waals surface area contributed by atoms with Crippen molar-refractivity contribution in [2.24, 2.45) is 0 Å². The summed E-state index contributed by atoms with van der Waals surface area (Å²) in [5.74, 6) is -0.496. The van der Waals surface area contributed by atoms with Gasteiger partial charge in [-0.15, -0.1) is 10.2 Å². The van der Waals surface area contributed by atoms with Crippen molar-refractivity contribution >= 4 is 23.6 Å². The van der Waals surface area contributed by atoms with E-state index in [0.717, 1.165) is 0 Å². The maximum Gasteiger partial charge on any atom is 0.360 e. The maximum absolute atomic E-state index is 12.0. The summed E-state index contributed by atoms with van der Waals surface area (Å²) >= 11 is 0. The highest BCUT2D eigenvalue weighted by Crippen LogP contribution is 2.20. The molecule has 0 saturated heterocycles. The Labute approximate surface area is 195 Å². The molecule has 4 aromatic rings. The van der Waals surface area contributed by atoms with E-state index in [2.05, 4.69) is 51.9 Å². The number of ether oxygens (including phenoxy) is 2. The van der Waals surface area contributed by atoms with Gasteiger partial charge in [0.1, 0.15) is 0 Å². The molecule has 0 aliphatic rings. The van der Waals surface area contributed by atoms with E-state index in [9.17, 15) is 9.59 Å². The molecule has 184 valence electrons. The zero-order valence-electron chi connectivity index (χ0n) is 19.0. The van der Waals surface area contributed by atoms with Crippen LogP contribution in [0, 0.1) is 13.8 Å². The monoisotopic (exact) mass is 488 g/mol. The van der Waals surface area contributed by atoms with Gasteiger partial charge in [0.15, 0.2) is 11.4 Å². The van der Waals surface area contributed by atoms with Crippen molar-refractivity contribution in [3.63, 3.8) is 0 Å². The van der Waals surface area contributed by atoms with Crippen LogP contribution in [-0.4, -0.2) is 82.4 Å². The molecular weight excluding hydrogens is 468 g/mol. The van der Waals surface area contributed by atoms with E-state index in [1.54, 1.807) is 27.7 Å². The van der Waals surface area contributed by atoms with E-state index in [1.807, 2.05) is 0 Å². The van der Waals surface area contributed by atoms with E-state index in [4.69, 9.17) is 18.7 Å². The van der Waals surface area contributed by atoms with Gasteiger partial charge < -0.3 is 20.1 Å². The van der Waals surface area contributed by atoms with E-state index in [0.29, 0.717) is 11.4 Å². The van der Waals surface area contributed by atoms with Crippen LogP contribution in [0.5, 0.6) is 0 Å². The minimum absolute atomic E-state index is 0.0441. The summed E-state index contributed by atoms with van der Waals surface area (Å²) in [4.78, 5) is 24.0. The molecule has 0 amide bonds. The second-order valence-electron chi connectivity index (χ2n) is 6.71. The SMILES string of the molecule is CCOC(=O)c1nnn(-c2nonc2NCNc2nonc2-n2nnc(C(=O)OCC)c2C)c1C. The summed E-state index contributed by atoms with van der Waals surface area (Å²) < 4.78 is 22.1. The molecule has 0 saturated carbocycles. The smallest absolute Gasteiger partial charge is 0.360 e. The standard InChI is InChI=1S/C17H20N12O6/c1-5-32-16(30)10-8(3)28(26-20-10)14-12(22-34-24-14)18-7-19-13-15(25-35-23-13)29-9(4)11(21-27-29)17(31)33-6-2/h5-7H2,1-4H3,(H,18,22)(H,19,23). The molecule has 18 nitrogen and oxygen atoms in total. The lowest BCUT2D eigenvalue weighted by Gasteiger charge is -2.07. The van der Waals surface area contributed by atoms with Crippen molar-refractivity contribution in [1.82, 2.24) is 50.6 Å². The van der Waals surface area contributed by atoms with Gasteiger partial charge >= 0.3 is 11.9 Å². The Morgan fingerprint density at radius 2 is 1.20 bits per heavy atom. The van der Waals surface area contributed by atoms with Crippen molar-refractivity contribution in [3.8, 4) is 11.6 Å². The molecule has 0 radical (unpaired) electrons. The van der Waals surface area contributed by atoms with Crippen LogP contribution >= 0.6 is 0 Å². The number of aromatic nitrogens is 10. The molecule has 4 heterocycles. The van der Waals surface area contributed by atoms with Crippen LogP contribution in [0.25, 0.3) is 11.6 Å². The Morgan fingerprint density at radius 1 is 0.771 bits per heavy atom. The van der Waals surface area contributed by atoms with Crippen molar-refractivity contribution in [1.29, 1.82) is 0 Å². The Balaban J connectivity index is 1.46. The number of hydrogen-bond donors (Lipinski definition) is 2. The second kappa shape index (κ2) is 9.93. The molecule has 0 aliphatic heterocycles. The molecule has 0 aliphatic carbocycles. The molecule has 0 spiro atoms. The largest absolute Gasteiger partial charge is 0.461 e. The highest BCUT2D eigenvalue weighted by atomic mass is 16.6. The zero-order chi connectivity index (χ0) is 24.9. The Hall–Kier alpha value is -4.90. The molecule has 4 aromatic heterocycles. The first-order chi connectivity index (χ1) is 17.0. The quantitative estimate of drug-likeness (QED) is 0.223. The fourth-order valence-corrected chi connectivity index (χ4v) is 2.92. The first-order valence-corrected chi connectivity index (χ1v) is 10.3. The maximum atomic E-state index is 12.0. The number of nitrogens with zero attached hydrogens (tertiary/aromatic N) is 10. The van der Waals surface area contributed by atoms with Crippen molar-refractivity contribution in [2.45, 2.75) is 27.7 Å². The molecule has 35 heavy (non-hydrogen) atoms. The number of anilines is 2. The van der Waals surface area contributed by atoms with Gasteiger partial charge in [-0.1, -0.05) is 10.4 Å². The minimum Gasteiger partial charge on any atom is -0.461 e. The van der Waals surface area contributed by atoms with Crippen molar-refractivity contribution in [2.75, 3.05) is 30.5 Å². The van der Waals surface area contributed by atoms with Crippen LogP contribution in [0.1, 0.15) is 46.2 Å². The lowest BCUT2D eigenvalue weighted by atomic mass is 10.3. The van der Waals surface area contributed by atoms with Crippen LogP contribution < -0.4 is 10.6 Å². The third-order valence-corrected chi connectivity index (χ3v) is 4.58. The molecule has 0 unspecified atom stereocenters. The molecule has 0 aromatic carbocycles. The second-order valence-corrected chi connectivity index (χ2v) is 6.71. The van der Waals surface area contributed by atoms with E-state index >= 15 is 0 Å². The average Bonchev–Trinajstić information content (AvgIpc) is 3.61. The third-order valence-electron chi connectivity index (χ3n) is 4.58. The van der Waals surface area contributed by atoms with Gasteiger partial charge in [0.2, 0.25) is 23.3 Å². The highest BCUT2D eigenvalue weighted by Gasteiger charge is 2.24. The Bertz CT molecular complexity index is 1240. The van der Waals surface area contributed by atoms with Crippen molar-refractivity contribution < 1.29 is 28.3 Å². The van der Waals surface area contributed by atoms with Crippen LogP contribution in [0.4, 0.5) is 11.6 Å². The van der Waals surface area contributed by atoms with Gasteiger partial charge in [-0.2, -0.15) is 9.36 Å². The average molecular weight is 488 g/mol. The Morgan fingerprint density at radius 3 is 1.60 bits per heavy atom. The summed E-state index contributed by atoms with van der Waals surface area (Å²) in [6.45, 7) is 7.08. The van der Waals surface area contributed by atoms with Gasteiger partial charge in [0.25, 0.3) is 0 Å². The topological polar surface area (TPSA) is 216 Å². The summed E-state index contributed by atoms with van der Waals surface area (Å²) in [5, 5.41) is 36.6. The van der Waals surface area contributed by atoms with Gasteiger partial charge in [-0.3, -0.25) is 0 Å². The fraction of sp³-hybridized carbons (Fsp3) is 0.412.